The van der Waals surface area contributed by atoms with Crippen LogP contribution in [0.4, 0.5) is 17.3 Å². The summed E-state index contributed by atoms with van der Waals surface area (Å²) in [4.78, 5) is 0. The third kappa shape index (κ3) is 9.63. The van der Waals surface area contributed by atoms with Crippen LogP contribution in [-0.4, -0.2) is 11.7 Å². The predicted octanol–water partition coefficient (Wildman–Crippen LogP) is 1.92. The Morgan fingerprint density at radius 3 is 2.00 bits per heavy atom. The smallest absolute Gasteiger partial charge is 0.418 e. The standard InChI is InChI=1S/C3H4ClN2S.BF4/c1-6-2-3(4)7-5-6;2-1(3,4)5/h2H,1H3;/q+1;-1. The maximum absolute atomic E-state index is 9.75. The van der Waals surface area contributed by atoms with E-state index in [1.54, 1.807) is 10.9 Å². The molecule has 0 saturated carbocycles. The van der Waals surface area contributed by atoms with Crippen molar-refractivity contribution in [1.82, 2.24) is 4.49 Å². The second kappa shape index (κ2) is 4.61. The Balaban J connectivity index is 0.000000217. The van der Waals surface area contributed by atoms with Crippen LogP contribution in [0.15, 0.2) is 6.20 Å². The molecule has 0 N–H and O–H groups in total. The molecule has 0 aliphatic rings. The summed E-state index contributed by atoms with van der Waals surface area (Å²) in [7, 11) is -4.16. The first-order valence-electron chi connectivity index (χ1n) is 2.64. The Morgan fingerprint density at radius 2 is 1.92 bits per heavy atom. The minimum absolute atomic E-state index is 0.725. The first-order valence-corrected chi connectivity index (χ1v) is 3.79. The van der Waals surface area contributed by atoms with Gasteiger partial charge in [-0.1, -0.05) is 16.3 Å². The van der Waals surface area contributed by atoms with Gasteiger partial charge in [0.2, 0.25) is 6.20 Å². The van der Waals surface area contributed by atoms with Gasteiger partial charge in [-0.05, 0) is 0 Å². The van der Waals surface area contributed by atoms with Gasteiger partial charge in [-0.2, -0.15) is 0 Å². The van der Waals surface area contributed by atoms with E-state index < -0.39 is 7.25 Å². The molecule has 1 aromatic heterocycles. The molecule has 0 aromatic carbocycles. The fourth-order valence-corrected chi connectivity index (χ4v) is 0.985. The van der Waals surface area contributed by atoms with Gasteiger partial charge < -0.3 is 17.3 Å². The number of rotatable bonds is 0. The van der Waals surface area contributed by atoms with Crippen LogP contribution in [0.1, 0.15) is 0 Å². The zero-order chi connectivity index (χ0) is 9.78. The summed E-state index contributed by atoms with van der Waals surface area (Å²) in [5.74, 6) is 0. The lowest BCUT2D eigenvalue weighted by atomic mass is 10.3. The van der Waals surface area contributed by atoms with E-state index in [0.29, 0.717) is 0 Å². The second-order valence-electron chi connectivity index (χ2n) is 1.67. The van der Waals surface area contributed by atoms with E-state index in [4.69, 9.17) is 11.6 Å². The summed E-state index contributed by atoms with van der Waals surface area (Å²) in [6.45, 7) is 0. The maximum Gasteiger partial charge on any atom is 0.673 e. The Hall–Kier alpha value is -0.365. The summed E-state index contributed by atoms with van der Waals surface area (Å²) in [5, 5.41) is 0. The number of aryl methyl sites for hydroxylation is 1. The minimum Gasteiger partial charge on any atom is -0.418 e. The average molecular weight is 222 g/mol. The molecule has 2 nitrogen and oxygen atoms in total. The molecule has 0 aliphatic heterocycles. The molecule has 0 saturated heterocycles. The van der Waals surface area contributed by atoms with E-state index in [0.717, 1.165) is 4.34 Å². The fourth-order valence-electron chi connectivity index (χ4n) is 0.297. The lowest BCUT2D eigenvalue weighted by molar-refractivity contribution is -0.722. The minimum atomic E-state index is -6.00. The quantitative estimate of drug-likeness (QED) is 0.372. The van der Waals surface area contributed by atoms with Crippen molar-refractivity contribution in [3.63, 3.8) is 0 Å². The Morgan fingerprint density at radius 1 is 1.50 bits per heavy atom. The Kier molecular flexibility index (Phi) is 4.47. The highest BCUT2D eigenvalue weighted by atomic mass is 35.5. The van der Waals surface area contributed by atoms with E-state index in [1.165, 1.54) is 11.5 Å². The maximum atomic E-state index is 9.75. The van der Waals surface area contributed by atoms with Crippen LogP contribution in [0.3, 0.4) is 0 Å². The van der Waals surface area contributed by atoms with Crippen molar-refractivity contribution in [1.29, 1.82) is 0 Å². The molecule has 0 amide bonds. The van der Waals surface area contributed by atoms with E-state index in [-0.39, 0.29) is 0 Å². The van der Waals surface area contributed by atoms with E-state index in [1.807, 2.05) is 7.05 Å². The molecule has 0 radical (unpaired) electrons. The first-order chi connectivity index (χ1) is 5.29. The largest absolute Gasteiger partial charge is 0.673 e. The monoisotopic (exact) mass is 222 g/mol. The molecule has 0 unspecified atom stereocenters. The number of halogens is 5. The van der Waals surface area contributed by atoms with Crippen molar-refractivity contribution in [2.75, 3.05) is 0 Å². The number of aromatic nitrogens is 2. The summed E-state index contributed by atoms with van der Waals surface area (Å²) in [6, 6.07) is 0. The summed E-state index contributed by atoms with van der Waals surface area (Å²) >= 11 is 6.78. The predicted molar refractivity (Wildman–Crippen MR) is 38.5 cm³/mol. The molecular weight excluding hydrogens is 218 g/mol. The van der Waals surface area contributed by atoms with Gasteiger partial charge in [0.15, 0.2) is 11.4 Å². The van der Waals surface area contributed by atoms with E-state index in [2.05, 4.69) is 4.49 Å². The second-order valence-corrected chi connectivity index (χ2v) is 3.09. The fraction of sp³-hybridized carbons (Fsp3) is 0.333. The molecular formula is C3H4BClF4N2S. The number of hydrogen-bond acceptors (Lipinski definition) is 2. The molecule has 1 rings (SSSR count). The van der Waals surface area contributed by atoms with Gasteiger partial charge in [0.05, 0.1) is 16.0 Å². The Labute approximate surface area is 75.0 Å². The molecule has 70 valence electrons. The van der Waals surface area contributed by atoms with Crippen molar-refractivity contribution >= 4 is 30.4 Å². The highest BCUT2D eigenvalue weighted by Crippen LogP contribution is 2.07. The van der Waals surface area contributed by atoms with Crippen molar-refractivity contribution in [2.24, 2.45) is 7.05 Å². The molecule has 0 aliphatic carbocycles. The van der Waals surface area contributed by atoms with Gasteiger partial charge in [-0.15, -0.1) is 0 Å². The normalized spacial score (nSPS) is 10.5. The third-order valence-corrected chi connectivity index (χ3v) is 1.47. The van der Waals surface area contributed by atoms with Gasteiger partial charge in [0.25, 0.3) is 0 Å². The van der Waals surface area contributed by atoms with Gasteiger partial charge in [0, 0.05) is 0 Å². The number of hydrogen-bond donors (Lipinski definition) is 0. The van der Waals surface area contributed by atoms with Crippen molar-refractivity contribution in [2.45, 2.75) is 0 Å². The van der Waals surface area contributed by atoms with Crippen LogP contribution in [-0.2, 0) is 7.05 Å². The van der Waals surface area contributed by atoms with Gasteiger partial charge in [-0.3, -0.25) is 0 Å². The highest BCUT2D eigenvalue weighted by molar-refractivity contribution is 7.10. The van der Waals surface area contributed by atoms with Crippen LogP contribution >= 0.6 is 23.1 Å². The molecule has 0 spiro atoms. The van der Waals surface area contributed by atoms with Crippen LogP contribution in [0, 0.1) is 0 Å². The Bertz CT molecular complexity index is 216. The van der Waals surface area contributed by atoms with Crippen molar-refractivity contribution in [3.05, 3.63) is 10.5 Å². The number of nitrogens with zero attached hydrogens (tertiary/aromatic N) is 2. The highest BCUT2D eigenvalue weighted by Gasteiger charge is 2.20. The topological polar surface area (TPSA) is 16.8 Å². The molecule has 0 fully saturated rings. The zero-order valence-corrected chi connectivity index (χ0v) is 7.42. The lowest BCUT2D eigenvalue weighted by Crippen LogP contribution is -2.27. The molecule has 0 atom stereocenters. The van der Waals surface area contributed by atoms with Crippen LogP contribution < -0.4 is 4.68 Å². The summed E-state index contributed by atoms with van der Waals surface area (Å²) in [6.07, 6.45) is 1.76. The van der Waals surface area contributed by atoms with Gasteiger partial charge in [-0.25, -0.2) is 0 Å². The average Bonchev–Trinajstić information content (AvgIpc) is 2.09. The van der Waals surface area contributed by atoms with Gasteiger partial charge in [0.1, 0.15) is 0 Å². The SMILES string of the molecule is C[n+]1cc(Cl)sn1.F[B-](F)(F)F. The van der Waals surface area contributed by atoms with Crippen molar-refractivity contribution in [3.8, 4) is 0 Å². The van der Waals surface area contributed by atoms with Crippen LogP contribution in [0.5, 0.6) is 0 Å². The molecule has 1 aromatic rings. The lowest BCUT2D eigenvalue weighted by Gasteiger charge is -1.94. The summed E-state index contributed by atoms with van der Waals surface area (Å²) in [5.41, 5.74) is 0. The van der Waals surface area contributed by atoms with Crippen LogP contribution in [0.2, 0.25) is 4.34 Å². The van der Waals surface area contributed by atoms with Crippen molar-refractivity contribution < 1.29 is 21.9 Å². The van der Waals surface area contributed by atoms with E-state index in [9.17, 15) is 17.3 Å². The van der Waals surface area contributed by atoms with Crippen LogP contribution in [0.25, 0.3) is 0 Å². The van der Waals surface area contributed by atoms with E-state index >= 15 is 0 Å². The molecule has 12 heavy (non-hydrogen) atoms. The third-order valence-electron chi connectivity index (χ3n) is 0.545. The first kappa shape index (κ1) is 11.6. The zero-order valence-electron chi connectivity index (χ0n) is 5.85. The summed E-state index contributed by atoms with van der Waals surface area (Å²) < 4.78 is 45.2. The molecule has 1 heterocycles. The van der Waals surface area contributed by atoms with Gasteiger partial charge >= 0.3 is 7.25 Å². The molecule has 9 heteroatoms. The molecule has 0 bridgehead atoms.